The molecular weight excluding hydrogens is 542 g/mol. The highest BCUT2D eigenvalue weighted by molar-refractivity contribution is 6.00. The van der Waals surface area contributed by atoms with Crippen LogP contribution in [0.15, 0.2) is 124 Å². The molecule has 43 heavy (non-hydrogen) atoms. The number of benzene rings is 4. The van der Waals surface area contributed by atoms with Gasteiger partial charge in [-0.15, -0.1) is 0 Å². The summed E-state index contributed by atoms with van der Waals surface area (Å²) in [6, 6.07) is 31.5. The number of hydrogen-bond donors (Lipinski definition) is 1. The van der Waals surface area contributed by atoms with Gasteiger partial charge in [0.05, 0.1) is 29.6 Å². The van der Waals surface area contributed by atoms with E-state index in [1.165, 1.54) is 4.68 Å². The first-order valence-corrected chi connectivity index (χ1v) is 13.6. The van der Waals surface area contributed by atoms with Crippen LogP contribution in [0.3, 0.4) is 0 Å². The Kier molecular flexibility index (Phi) is 6.52. The summed E-state index contributed by atoms with van der Waals surface area (Å²) >= 11 is 0. The monoisotopic (exact) mass is 567 g/mol. The van der Waals surface area contributed by atoms with Crippen LogP contribution in [0.5, 0.6) is 5.75 Å². The highest BCUT2D eigenvalue weighted by Crippen LogP contribution is 2.33. The van der Waals surface area contributed by atoms with Crippen LogP contribution >= 0.6 is 0 Å². The number of aromatic nitrogens is 3. The molecule has 0 aliphatic rings. The third kappa shape index (κ3) is 4.82. The SMILES string of the molecule is COc1cccc2oc(-c3nc4ccccc4c(=O)n3N=Cc3cn(CC(=O)Nc4ccccc4)c4ccccc34)cc12. The van der Waals surface area contributed by atoms with E-state index in [4.69, 9.17) is 14.1 Å². The quantitative estimate of drug-likeness (QED) is 0.228. The van der Waals surface area contributed by atoms with Crippen molar-refractivity contribution >= 4 is 50.6 Å². The molecule has 1 amide bonds. The molecule has 7 rings (SSSR count). The predicted molar refractivity (Wildman–Crippen MR) is 168 cm³/mol. The van der Waals surface area contributed by atoms with Gasteiger partial charge in [0.1, 0.15) is 17.9 Å². The second-order valence-corrected chi connectivity index (χ2v) is 9.94. The van der Waals surface area contributed by atoms with Gasteiger partial charge >= 0.3 is 0 Å². The van der Waals surface area contributed by atoms with Gasteiger partial charge in [0.25, 0.3) is 5.56 Å². The van der Waals surface area contributed by atoms with Gasteiger partial charge in [-0.25, -0.2) is 4.98 Å². The number of methoxy groups -OCH3 is 1. The Morgan fingerprint density at radius 3 is 2.53 bits per heavy atom. The molecule has 3 heterocycles. The first kappa shape index (κ1) is 26.0. The summed E-state index contributed by atoms with van der Waals surface area (Å²) in [7, 11) is 1.59. The lowest BCUT2D eigenvalue weighted by atomic mass is 10.2. The Morgan fingerprint density at radius 2 is 1.70 bits per heavy atom. The Bertz CT molecular complexity index is 2230. The van der Waals surface area contributed by atoms with Crippen molar-refractivity contribution in [3.8, 4) is 17.3 Å². The number of hydrogen-bond acceptors (Lipinski definition) is 6. The van der Waals surface area contributed by atoms with Crippen LogP contribution in [0.2, 0.25) is 0 Å². The number of nitrogens with one attached hydrogen (secondary N) is 1. The predicted octanol–water partition coefficient (Wildman–Crippen LogP) is 6.29. The average Bonchev–Trinajstić information content (AvgIpc) is 3.63. The molecule has 0 aliphatic carbocycles. The molecule has 0 saturated heterocycles. The van der Waals surface area contributed by atoms with Crippen LogP contribution in [-0.4, -0.2) is 33.5 Å². The molecule has 0 atom stereocenters. The summed E-state index contributed by atoms with van der Waals surface area (Å²) in [6.45, 7) is 0.104. The first-order valence-electron chi connectivity index (χ1n) is 13.6. The van der Waals surface area contributed by atoms with Gasteiger partial charge < -0.3 is 19.0 Å². The minimum Gasteiger partial charge on any atom is -0.496 e. The van der Waals surface area contributed by atoms with Crippen molar-refractivity contribution in [3.05, 3.63) is 125 Å². The number of fused-ring (bicyclic) bond motifs is 3. The third-order valence-electron chi connectivity index (χ3n) is 7.22. The van der Waals surface area contributed by atoms with Crippen molar-refractivity contribution < 1.29 is 13.9 Å². The van der Waals surface area contributed by atoms with Crippen molar-refractivity contribution in [2.45, 2.75) is 6.54 Å². The zero-order chi connectivity index (χ0) is 29.3. The van der Waals surface area contributed by atoms with Crippen molar-refractivity contribution in [2.24, 2.45) is 5.10 Å². The molecule has 210 valence electrons. The van der Waals surface area contributed by atoms with Crippen molar-refractivity contribution in [1.82, 2.24) is 14.2 Å². The third-order valence-corrected chi connectivity index (χ3v) is 7.22. The Hall–Kier alpha value is -5.96. The van der Waals surface area contributed by atoms with E-state index in [1.54, 1.807) is 37.6 Å². The average molecular weight is 568 g/mol. The normalized spacial score (nSPS) is 11.6. The number of furan rings is 1. The summed E-state index contributed by atoms with van der Waals surface area (Å²) in [5, 5.41) is 9.63. The molecule has 4 aromatic carbocycles. The number of nitrogens with zero attached hydrogens (tertiary/aromatic N) is 4. The molecule has 9 heteroatoms. The molecular formula is C34H25N5O4. The summed E-state index contributed by atoms with van der Waals surface area (Å²) in [5.41, 5.74) is 3.12. The standard InChI is InChI=1S/C34H25N5O4/c1-42-29-16-9-17-30-26(29)18-31(43-30)33-37-27-14-7-5-13-25(27)34(41)39(33)35-19-22-20-38(28-15-8-6-12-24(22)28)21-32(40)36-23-10-3-2-4-11-23/h2-20H,21H2,1H3,(H,36,40). The molecule has 0 radical (unpaired) electrons. The van der Waals surface area contributed by atoms with Gasteiger partial charge in [0, 0.05) is 28.4 Å². The van der Waals surface area contributed by atoms with E-state index >= 15 is 0 Å². The van der Waals surface area contributed by atoms with Crippen molar-refractivity contribution in [3.63, 3.8) is 0 Å². The van der Waals surface area contributed by atoms with E-state index in [0.717, 1.165) is 27.5 Å². The summed E-state index contributed by atoms with van der Waals surface area (Å²) in [6.07, 6.45) is 3.46. The molecule has 7 aromatic rings. The van der Waals surface area contributed by atoms with Crippen LogP contribution in [-0.2, 0) is 11.3 Å². The molecule has 0 unspecified atom stereocenters. The summed E-state index contributed by atoms with van der Waals surface area (Å²) in [4.78, 5) is 31.4. The molecule has 0 fully saturated rings. The lowest BCUT2D eigenvalue weighted by Crippen LogP contribution is -2.20. The molecule has 9 nitrogen and oxygen atoms in total. The highest BCUT2D eigenvalue weighted by Gasteiger charge is 2.18. The van der Waals surface area contributed by atoms with Crippen LogP contribution in [0, 0.1) is 0 Å². The number of para-hydroxylation sites is 3. The van der Waals surface area contributed by atoms with E-state index in [2.05, 4.69) is 10.4 Å². The van der Waals surface area contributed by atoms with E-state index in [1.807, 2.05) is 89.6 Å². The Morgan fingerprint density at radius 1 is 0.930 bits per heavy atom. The fourth-order valence-electron chi connectivity index (χ4n) is 5.22. The van der Waals surface area contributed by atoms with Gasteiger partial charge in [-0.2, -0.15) is 9.78 Å². The van der Waals surface area contributed by atoms with Gasteiger partial charge in [-0.1, -0.05) is 54.6 Å². The molecule has 3 aromatic heterocycles. The van der Waals surface area contributed by atoms with Crippen LogP contribution in [0.25, 0.3) is 44.4 Å². The molecule has 0 aliphatic heterocycles. The van der Waals surface area contributed by atoms with Crippen LogP contribution in [0.4, 0.5) is 5.69 Å². The molecule has 0 bridgehead atoms. The Balaban J connectivity index is 1.32. The number of anilines is 1. The topological polar surface area (TPSA) is 104 Å². The van der Waals surface area contributed by atoms with E-state index in [9.17, 15) is 9.59 Å². The zero-order valence-corrected chi connectivity index (χ0v) is 23.1. The maximum atomic E-state index is 13.8. The Labute approximate surface area is 245 Å². The maximum absolute atomic E-state index is 13.8. The van der Waals surface area contributed by atoms with E-state index < -0.39 is 0 Å². The van der Waals surface area contributed by atoms with Crippen molar-refractivity contribution in [1.29, 1.82) is 0 Å². The lowest BCUT2D eigenvalue weighted by molar-refractivity contribution is -0.116. The van der Waals surface area contributed by atoms with Crippen LogP contribution < -0.4 is 15.6 Å². The van der Waals surface area contributed by atoms with Crippen molar-refractivity contribution in [2.75, 3.05) is 12.4 Å². The number of carbonyl (C=O) groups is 1. The fourth-order valence-corrected chi connectivity index (χ4v) is 5.22. The lowest BCUT2D eigenvalue weighted by Gasteiger charge is -2.07. The molecule has 0 saturated carbocycles. The largest absolute Gasteiger partial charge is 0.496 e. The summed E-state index contributed by atoms with van der Waals surface area (Å²) < 4.78 is 14.8. The number of rotatable bonds is 7. The van der Waals surface area contributed by atoms with Gasteiger partial charge in [0.2, 0.25) is 11.7 Å². The number of carbonyl (C=O) groups excluding carboxylic acids is 1. The molecule has 1 N–H and O–H groups in total. The molecule has 0 spiro atoms. The van der Waals surface area contributed by atoms with E-state index in [0.29, 0.717) is 28.0 Å². The number of ether oxygens (including phenoxy) is 1. The minimum atomic E-state index is -0.338. The number of amides is 1. The highest BCUT2D eigenvalue weighted by atomic mass is 16.5. The first-order chi connectivity index (χ1) is 21.1. The maximum Gasteiger partial charge on any atom is 0.282 e. The van der Waals surface area contributed by atoms with Gasteiger partial charge in [-0.05, 0) is 48.5 Å². The zero-order valence-electron chi connectivity index (χ0n) is 23.1. The smallest absolute Gasteiger partial charge is 0.282 e. The van der Waals surface area contributed by atoms with Crippen LogP contribution in [0.1, 0.15) is 5.56 Å². The fraction of sp³-hybridized carbons (Fsp3) is 0.0588. The van der Waals surface area contributed by atoms with Gasteiger partial charge in [0.15, 0.2) is 5.76 Å². The second kappa shape index (κ2) is 10.8. The van der Waals surface area contributed by atoms with E-state index in [-0.39, 0.29) is 23.8 Å². The second-order valence-electron chi connectivity index (χ2n) is 9.94. The minimum absolute atomic E-state index is 0.104. The summed E-state index contributed by atoms with van der Waals surface area (Å²) in [5.74, 6) is 1.12. The van der Waals surface area contributed by atoms with Gasteiger partial charge in [-0.3, -0.25) is 9.59 Å².